The van der Waals surface area contributed by atoms with Gasteiger partial charge in [-0.15, -0.1) is 0 Å². The molecule has 0 bridgehead atoms. The first-order valence-corrected chi connectivity index (χ1v) is 6.35. The van der Waals surface area contributed by atoms with Gasteiger partial charge in [0, 0.05) is 32.7 Å². The molecular weight excluding hydrogens is 365 g/mol. The van der Waals surface area contributed by atoms with Crippen LogP contribution in [0.5, 0.6) is 0 Å². The molecule has 0 N–H and O–H groups in total. The summed E-state index contributed by atoms with van der Waals surface area (Å²) in [6.45, 7) is 8.42. The summed E-state index contributed by atoms with van der Waals surface area (Å²) < 4.78 is 0. The first-order valence-electron chi connectivity index (χ1n) is 6.35. The Balaban J connectivity index is -0.000000108. The van der Waals surface area contributed by atoms with Crippen LogP contribution >= 0.6 is 0 Å². The first kappa shape index (κ1) is 29.2. The molecule has 0 saturated carbocycles. The van der Waals surface area contributed by atoms with E-state index in [-0.39, 0.29) is 86.7 Å². The number of ketones is 6. The summed E-state index contributed by atoms with van der Waals surface area (Å²) in [5, 5.41) is 0. The van der Waals surface area contributed by atoms with Gasteiger partial charge >= 0.3 is 0 Å². The third-order valence-corrected chi connectivity index (χ3v) is 1.49. The van der Waals surface area contributed by atoms with Crippen molar-refractivity contribution >= 4 is 34.7 Å². The molecule has 22 heavy (non-hydrogen) atoms. The fraction of sp³-hybridized carbons (Fsp3) is 0.600. The van der Waals surface area contributed by atoms with E-state index >= 15 is 0 Å². The number of rotatable bonds is 6. The summed E-state index contributed by atoms with van der Waals surface area (Å²) in [5.41, 5.74) is 0. The minimum Gasteiger partial charge on any atom is -0.300 e. The molecule has 0 aliphatic carbocycles. The van der Waals surface area contributed by atoms with Crippen molar-refractivity contribution in [3.63, 3.8) is 0 Å². The average Bonchev–Trinajstić information content (AvgIpc) is 2.10. The predicted octanol–water partition coefficient (Wildman–Crippen LogP) is 1.66. The molecule has 123 valence electrons. The zero-order valence-electron chi connectivity index (χ0n) is 14.1. The molecule has 0 aromatic heterocycles. The van der Waals surface area contributed by atoms with Crippen LogP contribution in [0, 0.1) is 0 Å². The summed E-state index contributed by atoms with van der Waals surface area (Å²) >= 11 is 0. The fourth-order valence-corrected chi connectivity index (χ4v) is 1.05. The molecule has 0 amide bonds. The van der Waals surface area contributed by atoms with E-state index in [1.807, 2.05) is 0 Å². The summed E-state index contributed by atoms with van der Waals surface area (Å²) in [7, 11) is 0. The predicted molar refractivity (Wildman–Crippen MR) is 77.9 cm³/mol. The molecule has 0 unspecified atom stereocenters. The Morgan fingerprint density at radius 1 is 0.409 bits per heavy atom. The van der Waals surface area contributed by atoms with E-state index in [0.29, 0.717) is 0 Å². The van der Waals surface area contributed by atoms with Gasteiger partial charge in [-0.2, -0.15) is 0 Å². The van der Waals surface area contributed by atoms with Gasteiger partial charge < -0.3 is 0 Å². The van der Waals surface area contributed by atoms with Crippen LogP contribution < -0.4 is 0 Å². The van der Waals surface area contributed by atoms with Crippen molar-refractivity contribution in [2.75, 3.05) is 0 Å². The number of carbonyl (C=O) groups is 6. The SMILES string of the molecule is CC(=O)CC(C)=O.CC(=O)CC(C)=O.CC(=O)CC(C)=O.[Y]. The van der Waals surface area contributed by atoms with Crippen molar-refractivity contribution in [1.29, 1.82) is 0 Å². The smallest absolute Gasteiger partial charge is 0.137 e. The largest absolute Gasteiger partial charge is 0.300 e. The number of hydrogen-bond acceptors (Lipinski definition) is 6. The van der Waals surface area contributed by atoms with Crippen LogP contribution in [0.15, 0.2) is 0 Å². The number of Topliss-reactive ketones (excluding diaryl/α,β-unsaturated/α-hetero) is 6. The minimum atomic E-state index is -0.0625. The Hall–Kier alpha value is -0.876. The molecule has 0 atom stereocenters. The third kappa shape index (κ3) is 50.8. The summed E-state index contributed by atoms with van der Waals surface area (Å²) in [4.78, 5) is 60.2. The van der Waals surface area contributed by atoms with E-state index in [1.165, 1.54) is 41.5 Å². The van der Waals surface area contributed by atoms with Gasteiger partial charge in [0.2, 0.25) is 0 Å². The molecule has 0 aromatic rings. The zero-order valence-corrected chi connectivity index (χ0v) is 17.0. The van der Waals surface area contributed by atoms with Crippen molar-refractivity contribution in [1.82, 2.24) is 0 Å². The average molecular weight is 389 g/mol. The van der Waals surface area contributed by atoms with Crippen molar-refractivity contribution in [2.24, 2.45) is 0 Å². The van der Waals surface area contributed by atoms with Gasteiger partial charge in [-0.1, -0.05) is 0 Å². The van der Waals surface area contributed by atoms with E-state index in [2.05, 4.69) is 0 Å². The molecule has 0 fully saturated rings. The Morgan fingerprint density at radius 2 is 0.500 bits per heavy atom. The van der Waals surface area contributed by atoms with Crippen LogP contribution in [0.25, 0.3) is 0 Å². The van der Waals surface area contributed by atoms with Crippen LogP contribution in [-0.2, 0) is 61.5 Å². The zero-order chi connectivity index (χ0) is 17.6. The molecular formula is C15H24O6Y. The Bertz CT molecular complexity index is 314. The maximum atomic E-state index is 10.0. The maximum Gasteiger partial charge on any atom is 0.137 e. The van der Waals surface area contributed by atoms with Gasteiger partial charge in [-0.05, 0) is 41.5 Å². The molecule has 0 rings (SSSR count). The standard InChI is InChI=1S/3C5H8O2.Y/c3*1-4(6)3-5(2)7;/h3*3H2,1-2H3;. The van der Waals surface area contributed by atoms with Crippen LogP contribution in [0.2, 0.25) is 0 Å². The quantitative estimate of drug-likeness (QED) is 0.641. The number of carbonyl (C=O) groups excluding carboxylic acids is 6. The normalized spacial score (nSPS) is 7.91. The van der Waals surface area contributed by atoms with Gasteiger partial charge in [0.15, 0.2) is 0 Å². The third-order valence-electron chi connectivity index (χ3n) is 1.49. The molecule has 0 heterocycles. The van der Waals surface area contributed by atoms with Gasteiger partial charge in [0.05, 0.1) is 19.3 Å². The Kier molecular flexibility index (Phi) is 24.1. The van der Waals surface area contributed by atoms with Crippen molar-refractivity contribution in [3.05, 3.63) is 0 Å². The summed E-state index contributed by atoms with van der Waals surface area (Å²) in [5.74, 6) is -0.375. The Morgan fingerprint density at radius 3 is 0.500 bits per heavy atom. The van der Waals surface area contributed by atoms with Crippen LogP contribution in [0.4, 0.5) is 0 Å². The molecule has 0 aliphatic rings. The monoisotopic (exact) mass is 389 g/mol. The van der Waals surface area contributed by atoms with Crippen LogP contribution in [0.3, 0.4) is 0 Å². The molecule has 0 aromatic carbocycles. The van der Waals surface area contributed by atoms with Crippen LogP contribution in [0.1, 0.15) is 60.8 Å². The molecule has 0 aliphatic heterocycles. The van der Waals surface area contributed by atoms with Crippen LogP contribution in [-0.4, -0.2) is 34.7 Å². The summed E-state index contributed by atoms with van der Waals surface area (Å²) in [6.07, 6.45) is 0.250. The van der Waals surface area contributed by atoms with E-state index in [0.717, 1.165) is 0 Å². The number of hydrogen-bond donors (Lipinski definition) is 0. The van der Waals surface area contributed by atoms with Crippen molar-refractivity contribution in [3.8, 4) is 0 Å². The van der Waals surface area contributed by atoms with Gasteiger partial charge in [0.1, 0.15) is 34.7 Å². The maximum absolute atomic E-state index is 10.0. The van der Waals surface area contributed by atoms with Crippen molar-refractivity contribution < 1.29 is 61.5 Å². The molecule has 6 nitrogen and oxygen atoms in total. The second-order valence-corrected chi connectivity index (χ2v) is 4.74. The van der Waals surface area contributed by atoms with Gasteiger partial charge in [-0.3, -0.25) is 28.8 Å². The second kappa shape index (κ2) is 18.2. The minimum absolute atomic E-state index is 0. The fourth-order valence-electron chi connectivity index (χ4n) is 1.05. The van der Waals surface area contributed by atoms with E-state index in [9.17, 15) is 28.8 Å². The first-order chi connectivity index (χ1) is 9.38. The van der Waals surface area contributed by atoms with Gasteiger partial charge in [-0.25, -0.2) is 0 Å². The summed E-state index contributed by atoms with van der Waals surface area (Å²) in [6, 6.07) is 0. The molecule has 7 heteroatoms. The topological polar surface area (TPSA) is 102 Å². The van der Waals surface area contributed by atoms with E-state index < -0.39 is 0 Å². The molecule has 1 radical (unpaired) electrons. The van der Waals surface area contributed by atoms with Gasteiger partial charge in [0.25, 0.3) is 0 Å². The van der Waals surface area contributed by atoms with Crippen molar-refractivity contribution in [2.45, 2.75) is 60.8 Å². The van der Waals surface area contributed by atoms with E-state index in [4.69, 9.17) is 0 Å². The molecule has 0 saturated heterocycles. The second-order valence-electron chi connectivity index (χ2n) is 4.74. The molecule has 0 spiro atoms. The van der Waals surface area contributed by atoms with E-state index in [1.54, 1.807) is 0 Å². The Labute approximate surface area is 156 Å².